The summed E-state index contributed by atoms with van der Waals surface area (Å²) < 4.78 is 51.8. The molecule has 7 N–H and O–H groups in total. The predicted molar refractivity (Wildman–Crippen MR) is 239 cm³/mol. The number of nitrogens with one attached hydrogen (secondary N) is 7. The van der Waals surface area contributed by atoms with E-state index in [2.05, 4.69) is 51.4 Å². The Morgan fingerprint density at radius 3 is 1.12 bits per heavy atom. The number of amides is 7. The molecule has 0 aromatic carbocycles. The number of alkyl carbamates (subject to hydrolysis) is 4. The first kappa shape index (κ1) is 61.2. The van der Waals surface area contributed by atoms with Crippen LogP contribution in [0.15, 0.2) is 0 Å². The van der Waals surface area contributed by atoms with E-state index in [4.69, 9.17) is 33.2 Å². The van der Waals surface area contributed by atoms with E-state index in [-0.39, 0.29) is 64.9 Å². The number of unbranched alkanes of at least 4 members (excludes halogenated alkanes) is 3. The van der Waals surface area contributed by atoms with Crippen LogP contribution in [0.2, 0.25) is 0 Å². The third-order valence-electron chi connectivity index (χ3n) is 9.28. The molecule has 7 amide bonds. The predicted octanol–water partition coefficient (Wildman–Crippen LogP) is 1.62. The number of ether oxygens (including phenoxy) is 10. The Labute approximate surface area is 389 Å². The molecule has 0 heterocycles. The smallest absolute Gasteiger partial charge is 0.407 e. The highest BCUT2D eigenvalue weighted by atomic mass is 16.7. The van der Waals surface area contributed by atoms with Crippen LogP contribution in [0.1, 0.15) is 84.5 Å². The van der Waals surface area contributed by atoms with Crippen molar-refractivity contribution in [1.29, 1.82) is 0 Å². The Morgan fingerprint density at radius 2 is 0.727 bits per heavy atom. The quantitative estimate of drug-likeness (QED) is 0.0260. The first-order chi connectivity index (χ1) is 31.9. The molecule has 0 saturated carbocycles. The lowest BCUT2D eigenvalue weighted by molar-refractivity contribution is -0.141. The third kappa shape index (κ3) is 34.6. The van der Waals surface area contributed by atoms with Gasteiger partial charge in [-0.25, -0.2) is 19.2 Å². The molecule has 0 aliphatic heterocycles. The second-order valence-corrected chi connectivity index (χ2v) is 14.3. The largest absolute Gasteiger partial charge is 0.453 e. The maximum atomic E-state index is 13.9. The topological polar surface area (TPSA) is 296 Å². The fraction of sp³-hybridized carbons (Fsp3) is 0.833. The van der Waals surface area contributed by atoms with Crippen LogP contribution in [0.3, 0.4) is 0 Å². The normalized spacial score (nSPS) is 12.2. The highest BCUT2D eigenvalue weighted by molar-refractivity contribution is 5.93. The van der Waals surface area contributed by atoms with Crippen molar-refractivity contribution in [2.24, 2.45) is 0 Å². The number of methoxy groups -OCH3 is 4. The molecule has 0 fully saturated rings. The van der Waals surface area contributed by atoms with Crippen LogP contribution in [0.25, 0.3) is 0 Å². The summed E-state index contributed by atoms with van der Waals surface area (Å²) in [6.45, 7) is 8.92. The summed E-state index contributed by atoms with van der Waals surface area (Å²) in [5, 5.41) is 18.4. The third-order valence-corrected chi connectivity index (χ3v) is 9.28. The zero-order valence-electron chi connectivity index (χ0n) is 39.9. The maximum absolute atomic E-state index is 13.9. The second-order valence-electron chi connectivity index (χ2n) is 14.3. The van der Waals surface area contributed by atoms with Crippen LogP contribution in [0.4, 0.5) is 19.2 Å². The second kappa shape index (κ2) is 42.9. The van der Waals surface area contributed by atoms with Crippen molar-refractivity contribution in [3.05, 3.63) is 0 Å². The number of rotatable bonds is 41. The molecule has 3 atom stereocenters. The molecule has 0 radical (unpaired) electrons. The van der Waals surface area contributed by atoms with E-state index >= 15 is 0 Å². The van der Waals surface area contributed by atoms with Crippen molar-refractivity contribution in [3.8, 4) is 0 Å². The lowest BCUT2D eigenvalue weighted by Gasteiger charge is -2.25. The van der Waals surface area contributed by atoms with E-state index in [0.717, 1.165) is 20.0 Å². The molecule has 0 aliphatic rings. The van der Waals surface area contributed by atoms with Gasteiger partial charge in [-0.05, 0) is 78.1 Å². The Morgan fingerprint density at radius 1 is 0.364 bits per heavy atom. The van der Waals surface area contributed by atoms with Crippen molar-refractivity contribution in [3.63, 3.8) is 0 Å². The molecule has 24 nitrogen and oxygen atoms in total. The van der Waals surface area contributed by atoms with Gasteiger partial charge >= 0.3 is 24.4 Å². The van der Waals surface area contributed by atoms with E-state index in [1.54, 1.807) is 0 Å². The van der Waals surface area contributed by atoms with Gasteiger partial charge in [-0.3, -0.25) is 14.4 Å². The number of hydrogen-bond acceptors (Lipinski definition) is 17. The number of hydrogen-bond donors (Lipinski definition) is 7. The van der Waals surface area contributed by atoms with Crippen molar-refractivity contribution >= 4 is 42.1 Å². The minimum Gasteiger partial charge on any atom is -0.453 e. The number of carbonyl (C=O) groups is 7. The maximum Gasteiger partial charge on any atom is 0.407 e. The Balaban J connectivity index is 5.28. The fourth-order valence-electron chi connectivity index (χ4n) is 5.83. The minimum absolute atomic E-state index is 0.105. The SMILES string of the molecule is CCOC(CCCOCCOCCOCCOCCNC(=O)C(CCCCNC(=O)OC)NC(=O)C(CCCCNC(=O)OC)NC(=O)C(CCCCNC(=O)OC)NC(=O)OC)OCC. The fourth-order valence-corrected chi connectivity index (χ4v) is 5.83. The molecule has 0 aromatic heterocycles. The van der Waals surface area contributed by atoms with Gasteiger partial charge in [0.25, 0.3) is 0 Å². The molecule has 0 aliphatic carbocycles. The summed E-state index contributed by atoms with van der Waals surface area (Å²) in [7, 11) is 4.85. The van der Waals surface area contributed by atoms with Gasteiger partial charge in [0.15, 0.2) is 6.29 Å². The molecular formula is C42H79N7O17. The van der Waals surface area contributed by atoms with Crippen LogP contribution in [-0.4, -0.2) is 187 Å². The first-order valence-corrected chi connectivity index (χ1v) is 22.7. The van der Waals surface area contributed by atoms with Gasteiger partial charge < -0.3 is 84.6 Å². The summed E-state index contributed by atoms with van der Waals surface area (Å²) in [5.74, 6) is -1.84. The molecule has 0 bridgehead atoms. The summed E-state index contributed by atoms with van der Waals surface area (Å²) >= 11 is 0. The summed E-state index contributed by atoms with van der Waals surface area (Å²) in [6, 6.07) is -3.31. The molecule has 0 saturated heterocycles. The zero-order valence-corrected chi connectivity index (χ0v) is 39.9. The highest BCUT2D eigenvalue weighted by Gasteiger charge is 2.29. The van der Waals surface area contributed by atoms with Crippen LogP contribution in [0.5, 0.6) is 0 Å². The van der Waals surface area contributed by atoms with Gasteiger partial charge in [0, 0.05) is 52.4 Å². The molecule has 384 valence electrons. The summed E-state index contributed by atoms with van der Waals surface area (Å²) in [6.07, 6.45) is 1.60. The first-order valence-electron chi connectivity index (χ1n) is 22.7. The van der Waals surface area contributed by atoms with Crippen molar-refractivity contribution < 1.29 is 80.9 Å². The van der Waals surface area contributed by atoms with Gasteiger partial charge in [-0.1, -0.05) is 0 Å². The van der Waals surface area contributed by atoms with E-state index < -0.39 is 60.2 Å². The van der Waals surface area contributed by atoms with Gasteiger partial charge in [-0.2, -0.15) is 0 Å². The van der Waals surface area contributed by atoms with E-state index in [1.807, 2.05) is 13.8 Å². The lowest BCUT2D eigenvalue weighted by atomic mass is 10.0. The van der Waals surface area contributed by atoms with Crippen molar-refractivity contribution in [2.75, 3.05) is 121 Å². The molecular weight excluding hydrogens is 874 g/mol. The van der Waals surface area contributed by atoms with E-state index in [9.17, 15) is 33.6 Å². The minimum atomic E-state index is -1.16. The average Bonchev–Trinajstić information content (AvgIpc) is 3.31. The Hall–Kier alpha value is -4.75. The monoisotopic (exact) mass is 954 g/mol. The molecule has 0 spiro atoms. The van der Waals surface area contributed by atoms with Crippen LogP contribution < -0.4 is 37.2 Å². The van der Waals surface area contributed by atoms with Crippen LogP contribution in [-0.2, 0) is 61.8 Å². The average molecular weight is 954 g/mol. The van der Waals surface area contributed by atoms with Gasteiger partial charge in [0.05, 0.1) is 74.7 Å². The van der Waals surface area contributed by atoms with Crippen LogP contribution in [0, 0.1) is 0 Å². The zero-order chi connectivity index (χ0) is 49.0. The molecule has 24 heteroatoms. The van der Waals surface area contributed by atoms with Gasteiger partial charge in [-0.15, -0.1) is 0 Å². The Kier molecular flexibility index (Phi) is 39.8. The van der Waals surface area contributed by atoms with Gasteiger partial charge in [0.1, 0.15) is 18.1 Å². The van der Waals surface area contributed by atoms with E-state index in [0.29, 0.717) is 91.4 Å². The van der Waals surface area contributed by atoms with Crippen molar-refractivity contribution in [1.82, 2.24) is 37.2 Å². The standard InChI is InChI=1S/C42H79N7O17/c1-7-65-35(66-8-2)19-15-24-61-26-28-63-30-31-64-29-27-62-25-23-43-36(50)32(16-9-12-20-44-39(53)57-3)47-37(51)33(17-10-13-21-45-40(54)58-4)48-38(52)34(49-42(56)60-6)18-11-14-22-46-41(55)59-5/h32-35H,7-31H2,1-6H3,(H,43,50)(H,44,53)(H,45,54)(H,46,55)(H,47,51)(H,48,52)(H,49,56). The molecule has 66 heavy (non-hydrogen) atoms. The molecule has 0 rings (SSSR count). The molecule has 3 unspecified atom stereocenters. The summed E-state index contributed by atoms with van der Waals surface area (Å²) in [4.78, 5) is 87.6. The lowest BCUT2D eigenvalue weighted by Crippen LogP contribution is -2.56. The number of carbonyl (C=O) groups excluding carboxylic acids is 7. The Bertz CT molecular complexity index is 1310. The van der Waals surface area contributed by atoms with E-state index in [1.165, 1.54) is 21.3 Å². The molecule has 0 aromatic rings. The highest BCUT2D eigenvalue weighted by Crippen LogP contribution is 2.09. The summed E-state index contributed by atoms with van der Waals surface area (Å²) in [5.41, 5.74) is 0. The van der Waals surface area contributed by atoms with Gasteiger partial charge in [0.2, 0.25) is 17.7 Å². The van der Waals surface area contributed by atoms with Crippen LogP contribution >= 0.6 is 0 Å². The van der Waals surface area contributed by atoms with Crippen molar-refractivity contribution in [2.45, 2.75) is 109 Å².